The molecule has 0 radical (unpaired) electrons. The molecule has 1 aromatic rings. The van der Waals surface area contributed by atoms with Crippen LogP contribution < -0.4 is 5.32 Å². The molecule has 1 rings (SSSR count). The number of rotatable bonds is 10. The Labute approximate surface area is 129 Å². The summed E-state index contributed by atoms with van der Waals surface area (Å²) in [4.78, 5) is 0. The first kappa shape index (κ1) is 16.2. The second-order valence-electron chi connectivity index (χ2n) is 4.62. The number of unbranched alkanes of at least 4 members (excludes halogenated alkanes) is 3. The first-order chi connectivity index (χ1) is 8.77. The number of hydrogen-bond acceptors (Lipinski definition) is 2. The van der Waals surface area contributed by atoms with E-state index in [9.17, 15) is 0 Å². The zero-order valence-electron chi connectivity index (χ0n) is 11.3. The molecular formula is C15H24INS. The normalized spacial score (nSPS) is 12.6. The molecule has 1 heterocycles. The molecule has 0 aliphatic heterocycles. The van der Waals surface area contributed by atoms with Gasteiger partial charge in [0.05, 0.1) is 2.88 Å². The maximum Gasteiger partial charge on any atom is 0.0656 e. The van der Waals surface area contributed by atoms with Gasteiger partial charge in [-0.2, -0.15) is 0 Å². The smallest absolute Gasteiger partial charge is 0.0656 e. The highest BCUT2D eigenvalue weighted by molar-refractivity contribution is 14.1. The summed E-state index contributed by atoms with van der Waals surface area (Å²) >= 11 is 4.25. The summed E-state index contributed by atoms with van der Waals surface area (Å²) in [6.07, 6.45) is 9.54. The van der Waals surface area contributed by atoms with Gasteiger partial charge in [-0.25, -0.2) is 0 Å². The van der Waals surface area contributed by atoms with E-state index in [1.165, 1.54) is 40.6 Å². The quantitative estimate of drug-likeness (QED) is 0.321. The lowest BCUT2D eigenvalue weighted by Crippen LogP contribution is -2.21. The van der Waals surface area contributed by atoms with Crippen molar-refractivity contribution in [2.24, 2.45) is 0 Å². The van der Waals surface area contributed by atoms with Gasteiger partial charge in [0.2, 0.25) is 0 Å². The second kappa shape index (κ2) is 9.98. The molecule has 1 nitrogen and oxygen atoms in total. The summed E-state index contributed by atoms with van der Waals surface area (Å²) in [5.41, 5.74) is 1.47. The minimum atomic E-state index is 0.549. The van der Waals surface area contributed by atoms with Crippen LogP contribution in [0.2, 0.25) is 0 Å². The Kier molecular flexibility index (Phi) is 8.98. The summed E-state index contributed by atoms with van der Waals surface area (Å²) in [5, 5.41) is 5.98. The molecule has 0 bridgehead atoms. The Bertz CT molecular complexity index is 335. The third kappa shape index (κ3) is 6.34. The molecule has 18 heavy (non-hydrogen) atoms. The van der Waals surface area contributed by atoms with Gasteiger partial charge in [0, 0.05) is 6.04 Å². The molecule has 1 atom stereocenters. The van der Waals surface area contributed by atoms with E-state index in [-0.39, 0.29) is 0 Å². The summed E-state index contributed by atoms with van der Waals surface area (Å²) in [7, 11) is 0. The molecule has 1 N–H and O–H groups in total. The van der Waals surface area contributed by atoms with Gasteiger partial charge < -0.3 is 5.32 Å². The van der Waals surface area contributed by atoms with E-state index < -0.39 is 0 Å². The third-order valence-electron chi connectivity index (χ3n) is 3.03. The van der Waals surface area contributed by atoms with E-state index in [2.05, 4.69) is 52.9 Å². The zero-order chi connectivity index (χ0) is 13.2. The molecule has 3 heteroatoms. The van der Waals surface area contributed by atoms with Gasteiger partial charge in [0.1, 0.15) is 0 Å². The van der Waals surface area contributed by atoms with Crippen LogP contribution in [0.4, 0.5) is 0 Å². The highest BCUT2D eigenvalue weighted by atomic mass is 127. The first-order valence-electron chi connectivity index (χ1n) is 6.86. The topological polar surface area (TPSA) is 12.0 Å². The first-order valence-corrected chi connectivity index (χ1v) is 8.82. The van der Waals surface area contributed by atoms with Gasteiger partial charge in [0.15, 0.2) is 0 Å². The van der Waals surface area contributed by atoms with Crippen LogP contribution in [-0.2, 0) is 0 Å². The van der Waals surface area contributed by atoms with Crippen LogP contribution in [0.15, 0.2) is 24.1 Å². The standard InChI is InChI=1S/C15H24INS/c1-3-5-6-7-8-9-14(17-10-4-2)13-11-15(16)18-12-13/h3,11-12,14,17H,1,4-10H2,2H3. The van der Waals surface area contributed by atoms with E-state index in [1.54, 1.807) is 0 Å². The van der Waals surface area contributed by atoms with Crippen molar-refractivity contribution in [1.82, 2.24) is 5.32 Å². The number of hydrogen-bond donors (Lipinski definition) is 1. The van der Waals surface area contributed by atoms with Crippen molar-refractivity contribution >= 4 is 33.9 Å². The molecule has 0 amide bonds. The summed E-state index contributed by atoms with van der Waals surface area (Å²) < 4.78 is 1.39. The summed E-state index contributed by atoms with van der Waals surface area (Å²) in [6.45, 7) is 7.12. The third-order valence-corrected chi connectivity index (χ3v) is 4.84. The van der Waals surface area contributed by atoms with Crippen molar-refractivity contribution in [3.63, 3.8) is 0 Å². The molecule has 0 saturated carbocycles. The van der Waals surface area contributed by atoms with Crippen molar-refractivity contribution in [1.29, 1.82) is 0 Å². The van der Waals surface area contributed by atoms with E-state index in [0.29, 0.717) is 6.04 Å². The van der Waals surface area contributed by atoms with Crippen LogP contribution in [0.5, 0.6) is 0 Å². The molecule has 0 fully saturated rings. The van der Waals surface area contributed by atoms with Gasteiger partial charge in [-0.05, 0) is 71.8 Å². The maximum absolute atomic E-state index is 3.77. The number of halogens is 1. The van der Waals surface area contributed by atoms with Gasteiger partial charge in [-0.3, -0.25) is 0 Å². The average molecular weight is 377 g/mol. The van der Waals surface area contributed by atoms with Crippen LogP contribution in [0.3, 0.4) is 0 Å². The molecule has 0 saturated heterocycles. The van der Waals surface area contributed by atoms with E-state index >= 15 is 0 Å². The number of nitrogens with one attached hydrogen (secondary N) is 1. The van der Waals surface area contributed by atoms with Gasteiger partial charge in [-0.15, -0.1) is 17.9 Å². The predicted octanol–water partition coefficient (Wildman–Crippen LogP) is 5.53. The number of allylic oxidation sites excluding steroid dienone is 1. The highest BCUT2D eigenvalue weighted by Crippen LogP contribution is 2.26. The minimum absolute atomic E-state index is 0.549. The van der Waals surface area contributed by atoms with Crippen LogP contribution in [0, 0.1) is 2.88 Å². The fourth-order valence-electron chi connectivity index (χ4n) is 2.03. The second-order valence-corrected chi connectivity index (χ2v) is 7.42. The Morgan fingerprint density at radius 1 is 1.44 bits per heavy atom. The Balaban J connectivity index is 2.38. The largest absolute Gasteiger partial charge is 0.310 e. The van der Waals surface area contributed by atoms with E-state index in [4.69, 9.17) is 0 Å². The van der Waals surface area contributed by atoms with Crippen LogP contribution in [0.25, 0.3) is 0 Å². The lowest BCUT2D eigenvalue weighted by atomic mass is 10.0. The molecule has 1 aromatic heterocycles. The number of thiophene rings is 1. The molecule has 102 valence electrons. The van der Waals surface area contributed by atoms with Crippen LogP contribution in [0.1, 0.15) is 57.1 Å². The Morgan fingerprint density at radius 3 is 2.89 bits per heavy atom. The highest BCUT2D eigenvalue weighted by Gasteiger charge is 2.11. The van der Waals surface area contributed by atoms with E-state index in [1.807, 2.05) is 17.4 Å². The SMILES string of the molecule is C=CCCCCCC(NCCC)c1csc(I)c1. The zero-order valence-corrected chi connectivity index (χ0v) is 14.2. The van der Waals surface area contributed by atoms with Crippen molar-refractivity contribution in [3.8, 4) is 0 Å². The van der Waals surface area contributed by atoms with Crippen molar-refractivity contribution < 1.29 is 0 Å². The van der Waals surface area contributed by atoms with Crippen molar-refractivity contribution in [2.75, 3.05) is 6.54 Å². The van der Waals surface area contributed by atoms with Gasteiger partial charge >= 0.3 is 0 Å². The molecule has 0 aliphatic rings. The van der Waals surface area contributed by atoms with Crippen molar-refractivity contribution in [3.05, 3.63) is 32.5 Å². The average Bonchev–Trinajstić information content (AvgIpc) is 2.79. The maximum atomic E-state index is 3.77. The monoisotopic (exact) mass is 377 g/mol. The molecular weight excluding hydrogens is 353 g/mol. The molecule has 0 aromatic carbocycles. The Hall–Kier alpha value is 0.130. The lowest BCUT2D eigenvalue weighted by Gasteiger charge is -2.17. The lowest BCUT2D eigenvalue weighted by molar-refractivity contribution is 0.473. The summed E-state index contributed by atoms with van der Waals surface area (Å²) in [5.74, 6) is 0. The Morgan fingerprint density at radius 2 is 2.28 bits per heavy atom. The minimum Gasteiger partial charge on any atom is -0.310 e. The van der Waals surface area contributed by atoms with Gasteiger partial charge in [0.25, 0.3) is 0 Å². The van der Waals surface area contributed by atoms with Crippen molar-refractivity contribution in [2.45, 2.75) is 51.5 Å². The molecule has 1 unspecified atom stereocenters. The molecule has 0 spiro atoms. The van der Waals surface area contributed by atoms with Gasteiger partial charge in [-0.1, -0.05) is 25.8 Å². The molecule has 0 aliphatic carbocycles. The van der Waals surface area contributed by atoms with E-state index in [0.717, 1.165) is 13.0 Å². The fraction of sp³-hybridized carbons (Fsp3) is 0.600. The van der Waals surface area contributed by atoms with Crippen LogP contribution >= 0.6 is 33.9 Å². The summed E-state index contributed by atoms with van der Waals surface area (Å²) in [6, 6.07) is 2.87. The fourth-order valence-corrected chi connectivity index (χ4v) is 3.45. The van der Waals surface area contributed by atoms with Crippen LogP contribution in [-0.4, -0.2) is 6.54 Å². The predicted molar refractivity (Wildman–Crippen MR) is 91.4 cm³/mol.